The minimum Gasteiger partial charge on any atom is -0.493 e. The quantitative estimate of drug-likeness (QED) is 0.510. The highest BCUT2D eigenvalue weighted by Crippen LogP contribution is 2.29. The number of ether oxygens (including phenoxy) is 3. The van der Waals surface area contributed by atoms with Crippen molar-refractivity contribution >= 4 is 16.8 Å². The molecule has 0 spiro atoms. The predicted octanol–water partition coefficient (Wildman–Crippen LogP) is 4.33. The van der Waals surface area contributed by atoms with Crippen LogP contribution in [-0.4, -0.2) is 32.9 Å². The molecule has 2 N–H and O–H groups in total. The van der Waals surface area contributed by atoms with Crippen LogP contribution in [-0.2, 0) is 6.54 Å². The Balaban J connectivity index is 1.41. The number of nitrogens with one attached hydrogen (secondary N) is 2. The van der Waals surface area contributed by atoms with Gasteiger partial charge < -0.3 is 24.8 Å². The molecule has 158 valence electrons. The molecule has 0 aliphatic rings. The van der Waals surface area contributed by atoms with Crippen LogP contribution < -0.4 is 24.8 Å². The first-order valence-corrected chi connectivity index (χ1v) is 9.30. The number of halogens is 2. The van der Waals surface area contributed by atoms with Crippen LogP contribution in [0.2, 0.25) is 0 Å². The molecule has 3 aromatic carbocycles. The third kappa shape index (κ3) is 5.97. The van der Waals surface area contributed by atoms with E-state index in [-0.39, 0.29) is 24.1 Å². The van der Waals surface area contributed by atoms with Gasteiger partial charge in [-0.15, -0.1) is 0 Å². The van der Waals surface area contributed by atoms with E-state index >= 15 is 0 Å². The van der Waals surface area contributed by atoms with Crippen molar-refractivity contribution in [3.63, 3.8) is 0 Å². The molecule has 0 saturated carbocycles. The molecule has 3 rings (SSSR count). The molecule has 0 bridgehead atoms. The molecule has 0 aliphatic carbocycles. The third-order valence-corrected chi connectivity index (χ3v) is 4.27. The molecule has 3 aromatic rings. The summed E-state index contributed by atoms with van der Waals surface area (Å²) in [6.07, 6.45) is 0. The number of carbonyl (C=O) groups excluding carboxylic acids is 1. The van der Waals surface area contributed by atoms with E-state index in [2.05, 4.69) is 15.4 Å². The SMILES string of the molecule is COc1cc(CNC(=O)NCCOc2ccc3ccccc3c2)ccc1OC(F)F. The minimum absolute atomic E-state index is 0.0634. The molecule has 0 fully saturated rings. The van der Waals surface area contributed by atoms with Gasteiger partial charge in [0.2, 0.25) is 0 Å². The van der Waals surface area contributed by atoms with Gasteiger partial charge in [-0.3, -0.25) is 0 Å². The van der Waals surface area contributed by atoms with Crippen LogP contribution in [0.25, 0.3) is 10.8 Å². The van der Waals surface area contributed by atoms with Gasteiger partial charge in [0.1, 0.15) is 12.4 Å². The second-order valence-corrected chi connectivity index (χ2v) is 6.33. The van der Waals surface area contributed by atoms with Crippen LogP contribution >= 0.6 is 0 Å². The predicted molar refractivity (Wildman–Crippen MR) is 109 cm³/mol. The number of rotatable bonds is 9. The minimum atomic E-state index is -2.94. The monoisotopic (exact) mass is 416 g/mol. The molecule has 0 atom stereocenters. The highest BCUT2D eigenvalue weighted by molar-refractivity contribution is 5.83. The Morgan fingerprint density at radius 2 is 1.77 bits per heavy atom. The van der Waals surface area contributed by atoms with Gasteiger partial charge in [0.05, 0.1) is 13.7 Å². The van der Waals surface area contributed by atoms with Crippen molar-refractivity contribution in [1.82, 2.24) is 10.6 Å². The Labute approximate surface area is 172 Å². The van der Waals surface area contributed by atoms with Gasteiger partial charge in [-0.1, -0.05) is 36.4 Å². The Morgan fingerprint density at radius 3 is 2.53 bits per heavy atom. The van der Waals surface area contributed by atoms with Crippen LogP contribution in [0.1, 0.15) is 5.56 Å². The summed E-state index contributed by atoms with van der Waals surface area (Å²) in [5.41, 5.74) is 0.677. The Kier molecular flexibility index (Phi) is 7.26. The van der Waals surface area contributed by atoms with E-state index in [0.29, 0.717) is 18.7 Å². The lowest BCUT2D eigenvalue weighted by molar-refractivity contribution is -0.0512. The number of benzene rings is 3. The van der Waals surface area contributed by atoms with Crippen LogP contribution in [0.4, 0.5) is 13.6 Å². The lowest BCUT2D eigenvalue weighted by Gasteiger charge is -2.12. The number of carbonyl (C=O) groups is 1. The zero-order valence-electron chi connectivity index (χ0n) is 16.4. The first-order valence-electron chi connectivity index (χ1n) is 9.30. The Morgan fingerprint density at radius 1 is 0.967 bits per heavy atom. The zero-order chi connectivity index (χ0) is 21.3. The number of methoxy groups -OCH3 is 1. The molecule has 30 heavy (non-hydrogen) atoms. The van der Waals surface area contributed by atoms with Crippen LogP contribution in [0, 0.1) is 0 Å². The summed E-state index contributed by atoms with van der Waals surface area (Å²) >= 11 is 0. The number of alkyl halides is 2. The van der Waals surface area contributed by atoms with Gasteiger partial charge >= 0.3 is 12.6 Å². The van der Waals surface area contributed by atoms with Crippen LogP contribution in [0.5, 0.6) is 17.2 Å². The van der Waals surface area contributed by atoms with E-state index in [4.69, 9.17) is 9.47 Å². The summed E-state index contributed by atoms with van der Waals surface area (Å²) < 4.78 is 39.8. The van der Waals surface area contributed by atoms with Crippen molar-refractivity contribution in [2.75, 3.05) is 20.3 Å². The summed E-state index contributed by atoms with van der Waals surface area (Å²) in [5, 5.41) is 7.60. The van der Waals surface area contributed by atoms with E-state index in [1.165, 1.54) is 19.2 Å². The largest absolute Gasteiger partial charge is 0.493 e. The first-order chi connectivity index (χ1) is 14.5. The van der Waals surface area contributed by atoms with Crippen molar-refractivity contribution in [1.29, 1.82) is 0 Å². The standard InChI is InChI=1S/C22H22F2N2O4/c1-28-20-12-15(6-9-19(20)30-21(23)24)14-26-22(27)25-10-11-29-18-8-7-16-4-2-3-5-17(16)13-18/h2-9,12-13,21H,10-11,14H2,1H3,(H2,25,26,27). The van der Waals surface area contributed by atoms with Crippen molar-refractivity contribution in [2.24, 2.45) is 0 Å². The fraction of sp³-hybridized carbons (Fsp3) is 0.227. The topological polar surface area (TPSA) is 68.8 Å². The highest BCUT2D eigenvalue weighted by Gasteiger charge is 2.11. The molecule has 0 saturated heterocycles. The second-order valence-electron chi connectivity index (χ2n) is 6.33. The van der Waals surface area contributed by atoms with Gasteiger partial charge in [-0.2, -0.15) is 8.78 Å². The van der Waals surface area contributed by atoms with E-state index in [1.807, 2.05) is 42.5 Å². The van der Waals surface area contributed by atoms with E-state index in [0.717, 1.165) is 16.5 Å². The van der Waals surface area contributed by atoms with E-state index in [9.17, 15) is 13.6 Å². The summed E-state index contributed by atoms with van der Waals surface area (Å²) in [6, 6.07) is 17.9. The maximum atomic E-state index is 12.4. The molecule has 2 amide bonds. The summed E-state index contributed by atoms with van der Waals surface area (Å²) in [7, 11) is 1.35. The van der Waals surface area contributed by atoms with E-state index in [1.54, 1.807) is 6.07 Å². The Bertz CT molecular complexity index is 998. The average Bonchev–Trinajstić information content (AvgIpc) is 2.75. The number of amides is 2. The zero-order valence-corrected chi connectivity index (χ0v) is 16.4. The lowest BCUT2D eigenvalue weighted by Crippen LogP contribution is -2.37. The fourth-order valence-electron chi connectivity index (χ4n) is 2.85. The molecule has 6 nitrogen and oxygen atoms in total. The van der Waals surface area contributed by atoms with Gasteiger partial charge in [-0.05, 0) is 40.6 Å². The van der Waals surface area contributed by atoms with Gasteiger partial charge in [0, 0.05) is 6.54 Å². The molecule has 0 radical (unpaired) electrons. The summed E-state index contributed by atoms with van der Waals surface area (Å²) in [5.74, 6) is 0.833. The molecular formula is C22H22F2N2O4. The summed E-state index contributed by atoms with van der Waals surface area (Å²) in [6.45, 7) is -2.10. The first kappa shape index (κ1) is 21.2. The van der Waals surface area contributed by atoms with Crippen LogP contribution in [0.15, 0.2) is 60.7 Å². The number of hydrogen-bond donors (Lipinski definition) is 2. The van der Waals surface area contributed by atoms with Crippen molar-refractivity contribution < 1.29 is 27.8 Å². The highest BCUT2D eigenvalue weighted by atomic mass is 19.3. The molecule has 0 unspecified atom stereocenters. The van der Waals surface area contributed by atoms with Crippen molar-refractivity contribution in [3.05, 3.63) is 66.2 Å². The van der Waals surface area contributed by atoms with Crippen molar-refractivity contribution in [2.45, 2.75) is 13.2 Å². The Hall–Kier alpha value is -3.55. The van der Waals surface area contributed by atoms with Gasteiger partial charge in [0.25, 0.3) is 0 Å². The van der Waals surface area contributed by atoms with Gasteiger partial charge in [-0.25, -0.2) is 4.79 Å². The summed E-state index contributed by atoms with van der Waals surface area (Å²) in [4.78, 5) is 11.9. The number of hydrogen-bond acceptors (Lipinski definition) is 4. The molecule has 0 aliphatic heterocycles. The van der Waals surface area contributed by atoms with Crippen molar-refractivity contribution in [3.8, 4) is 17.2 Å². The van der Waals surface area contributed by atoms with Gasteiger partial charge in [0.15, 0.2) is 11.5 Å². The smallest absolute Gasteiger partial charge is 0.387 e. The molecule has 0 aromatic heterocycles. The average molecular weight is 416 g/mol. The third-order valence-electron chi connectivity index (χ3n) is 4.27. The van der Waals surface area contributed by atoms with E-state index < -0.39 is 6.61 Å². The molecule has 8 heteroatoms. The van der Waals surface area contributed by atoms with Crippen LogP contribution in [0.3, 0.4) is 0 Å². The number of urea groups is 1. The second kappa shape index (κ2) is 10.3. The molecule has 0 heterocycles. The normalized spacial score (nSPS) is 10.7. The fourth-order valence-corrected chi connectivity index (χ4v) is 2.85. The number of fused-ring (bicyclic) bond motifs is 1. The maximum Gasteiger partial charge on any atom is 0.387 e. The lowest BCUT2D eigenvalue weighted by atomic mass is 10.1. The maximum absolute atomic E-state index is 12.4. The molecular weight excluding hydrogens is 394 g/mol.